The number of hydrogen-bond donors (Lipinski definition) is 2. The lowest BCUT2D eigenvalue weighted by Gasteiger charge is -2.18. The van der Waals surface area contributed by atoms with E-state index in [0.717, 1.165) is 17.7 Å². The largest absolute Gasteiger partial charge is 0.382 e. The summed E-state index contributed by atoms with van der Waals surface area (Å²) in [6.45, 7) is 6.99. The summed E-state index contributed by atoms with van der Waals surface area (Å²) in [6, 6.07) is 8.23. The van der Waals surface area contributed by atoms with E-state index in [4.69, 9.17) is 0 Å². The van der Waals surface area contributed by atoms with E-state index in [1.165, 1.54) is 19.3 Å². The molecule has 1 amide bonds. The van der Waals surface area contributed by atoms with Gasteiger partial charge >= 0.3 is 0 Å². The lowest BCUT2D eigenvalue weighted by Crippen LogP contribution is -2.23. The fourth-order valence-corrected chi connectivity index (χ4v) is 2.08. The van der Waals surface area contributed by atoms with Gasteiger partial charge in [0.2, 0.25) is 0 Å². The van der Waals surface area contributed by atoms with E-state index in [9.17, 15) is 4.79 Å². The minimum Gasteiger partial charge on any atom is -0.382 e. The van der Waals surface area contributed by atoms with Crippen LogP contribution in [0.5, 0.6) is 0 Å². The van der Waals surface area contributed by atoms with E-state index < -0.39 is 0 Å². The fourth-order valence-electron chi connectivity index (χ4n) is 2.08. The maximum atomic E-state index is 11.8. The first-order valence-electron chi connectivity index (χ1n) is 7.36. The van der Waals surface area contributed by atoms with Crippen molar-refractivity contribution in [3.05, 3.63) is 29.8 Å². The van der Waals surface area contributed by atoms with Crippen LogP contribution in [-0.2, 0) is 0 Å². The topological polar surface area (TPSA) is 41.1 Å². The number of rotatable bonds is 8. The minimum absolute atomic E-state index is 0.00671. The third-order valence-electron chi connectivity index (χ3n) is 3.23. The molecule has 1 aromatic carbocycles. The van der Waals surface area contributed by atoms with Crippen LogP contribution in [0.3, 0.4) is 0 Å². The Balaban J connectivity index is 2.67. The van der Waals surface area contributed by atoms with Gasteiger partial charge in [0.1, 0.15) is 0 Å². The van der Waals surface area contributed by atoms with E-state index in [-0.39, 0.29) is 5.91 Å². The number of hydrogen-bond acceptors (Lipinski definition) is 2. The third kappa shape index (κ3) is 5.33. The Hall–Kier alpha value is -1.51. The van der Waals surface area contributed by atoms with Crippen LogP contribution in [0.15, 0.2) is 24.3 Å². The van der Waals surface area contributed by atoms with E-state index in [1.807, 2.05) is 31.2 Å². The second-order valence-electron chi connectivity index (χ2n) is 4.83. The Bertz CT molecular complexity index is 390. The molecule has 0 aliphatic heterocycles. The van der Waals surface area contributed by atoms with Gasteiger partial charge in [0.05, 0.1) is 0 Å². The highest BCUT2D eigenvalue weighted by atomic mass is 16.1. The van der Waals surface area contributed by atoms with Gasteiger partial charge in [-0.05, 0) is 38.0 Å². The fraction of sp³-hybridized carbons (Fsp3) is 0.562. The van der Waals surface area contributed by atoms with Gasteiger partial charge in [-0.25, -0.2) is 0 Å². The van der Waals surface area contributed by atoms with Crippen molar-refractivity contribution in [1.82, 2.24) is 5.32 Å². The van der Waals surface area contributed by atoms with Crippen molar-refractivity contribution in [2.24, 2.45) is 0 Å². The first-order chi connectivity index (χ1) is 9.21. The van der Waals surface area contributed by atoms with Crippen LogP contribution in [-0.4, -0.2) is 18.5 Å². The quantitative estimate of drug-likeness (QED) is 0.748. The van der Waals surface area contributed by atoms with Crippen LogP contribution in [0.1, 0.15) is 56.8 Å². The molecule has 0 radical (unpaired) electrons. The number of carbonyl (C=O) groups excluding carboxylic acids is 1. The number of amides is 1. The predicted octanol–water partition coefficient (Wildman–Crippen LogP) is 3.82. The van der Waals surface area contributed by atoms with Gasteiger partial charge in [-0.15, -0.1) is 0 Å². The Morgan fingerprint density at radius 3 is 2.68 bits per heavy atom. The Kier molecular flexibility index (Phi) is 7.01. The molecule has 0 heterocycles. The van der Waals surface area contributed by atoms with Gasteiger partial charge in [0.15, 0.2) is 0 Å². The van der Waals surface area contributed by atoms with Crippen LogP contribution >= 0.6 is 0 Å². The molecule has 1 unspecified atom stereocenters. The molecular weight excluding hydrogens is 236 g/mol. The molecule has 1 rings (SSSR count). The maximum absolute atomic E-state index is 11.8. The predicted molar refractivity (Wildman–Crippen MR) is 81.7 cm³/mol. The summed E-state index contributed by atoms with van der Waals surface area (Å²) in [5.74, 6) is -0.00671. The Labute approximate surface area is 116 Å². The van der Waals surface area contributed by atoms with Crippen LogP contribution in [0.4, 0.5) is 5.69 Å². The van der Waals surface area contributed by atoms with Crippen molar-refractivity contribution in [2.75, 3.05) is 11.9 Å². The molecule has 0 spiro atoms. The molecule has 0 aliphatic rings. The smallest absolute Gasteiger partial charge is 0.251 e. The number of anilines is 1. The molecule has 0 aromatic heterocycles. The van der Waals surface area contributed by atoms with Gasteiger partial charge in [-0.1, -0.05) is 32.8 Å². The van der Waals surface area contributed by atoms with Gasteiger partial charge < -0.3 is 10.6 Å². The molecule has 0 saturated heterocycles. The number of benzene rings is 1. The summed E-state index contributed by atoms with van der Waals surface area (Å²) in [7, 11) is 0. The zero-order valence-electron chi connectivity index (χ0n) is 12.3. The molecule has 3 heteroatoms. The lowest BCUT2D eigenvalue weighted by molar-refractivity contribution is 0.0956. The molecule has 1 atom stereocenters. The zero-order valence-corrected chi connectivity index (χ0v) is 12.3. The van der Waals surface area contributed by atoms with Crippen LogP contribution in [0, 0.1) is 0 Å². The first kappa shape index (κ1) is 15.5. The molecule has 3 nitrogen and oxygen atoms in total. The second-order valence-corrected chi connectivity index (χ2v) is 4.83. The molecular formula is C16H26N2O. The minimum atomic E-state index is -0.00671. The molecule has 0 aliphatic carbocycles. The second kappa shape index (κ2) is 8.57. The summed E-state index contributed by atoms with van der Waals surface area (Å²) < 4.78 is 0. The van der Waals surface area contributed by atoms with Crippen molar-refractivity contribution < 1.29 is 4.79 Å². The van der Waals surface area contributed by atoms with E-state index in [0.29, 0.717) is 12.6 Å². The standard InChI is InChI=1S/C16H26N2O/c1-4-7-10-14(5-2)18-15-11-8-9-13(12-15)16(19)17-6-3/h8-9,11-12,14,18H,4-7,10H2,1-3H3,(H,17,19). The van der Waals surface area contributed by atoms with E-state index in [2.05, 4.69) is 24.5 Å². The molecule has 2 N–H and O–H groups in total. The summed E-state index contributed by atoms with van der Waals surface area (Å²) in [5.41, 5.74) is 1.75. The summed E-state index contributed by atoms with van der Waals surface area (Å²) >= 11 is 0. The van der Waals surface area contributed by atoms with Crippen molar-refractivity contribution in [3.8, 4) is 0 Å². The van der Waals surface area contributed by atoms with Crippen LogP contribution in [0.2, 0.25) is 0 Å². The van der Waals surface area contributed by atoms with Crippen LogP contribution < -0.4 is 10.6 Å². The monoisotopic (exact) mass is 262 g/mol. The summed E-state index contributed by atoms with van der Waals surface area (Å²) in [6.07, 6.45) is 4.74. The molecule has 0 bridgehead atoms. The lowest BCUT2D eigenvalue weighted by atomic mass is 10.1. The zero-order chi connectivity index (χ0) is 14.1. The van der Waals surface area contributed by atoms with Crippen molar-refractivity contribution in [2.45, 2.75) is 52.5 Å². The highest BCUT2D eigenvalue weighted by Crippen LogP contribution is 2.15. The highest BCUT2D eigenvalue weighted by molar-refractivity contribution is 5.95. The number of carbonyl (C=O) groups is 1. The van der Waals surface area contributed by atoms with Crippen molar-refractivity contribution in [3.63, 3.8) is 0 Å². The van der Waals surface area contributed by atoms with Crippen LogP contribution in [0.25, 0.3) is 0 Å². The number of unbranched alkanes of at least 4 members (excludes halogenated alkanes) is 1. The maximum Gasteiger partial charge on any atom is 0.251 e. The van der Waals surface area contributed by atoms with Crippen molar-refractivity contribution >= 4 is 11.6 Å². The van der Waals surface area contributed by atoms with Gasteiger partial charge in [-0.3, -0.25) is 4.79 Å². The molecule has 1 aromatic rings. The van der Waals surface area contributed by atoms with Gasteiger partial charge in [0.25, 0.3) is 5.91 Å². The molecule has 106 valence electrons. The Morgan fingerprint density at radius 1 is 1.26 bits per heavy atom. The average molecular weight is 262 g/mol. The molecule has 19 heavy (non-hydrogen) atoms. The Morgan fingerprint density at radius 2 is 2.05 bits per heavy atom. The average Bonchev–Trinajstić information content (AvgIpc) is 2.44. The summed E-state index contributed by atoms with van der Waals surface area (Å²) in [5, 5.41) is 6.34. The third-order valence-corrected chi connectivity index (χ3v) is 3.23. The highest BCUT2D eigenvalue weighted by Gasteiger charge is 2.08. The van der Waals surface area contributed by atoms with Crippen molar-refractivity contribution in [1.29, 1.82) is 0 Å². The van der Waals surface area contributed by atoms with E-state index >= 15 is 0 Å². The van der Waals surface area contributed by atoms with Gasteiger partial charge in [0, 0.05) is 23.8 Å². The molecule has 0 saturated carbocycles. The van der Waals surface area contributed by atoms with E-state index in [1.54, 1.807) is 0 Å². The SMILES string of the molecule is CCCCC(CC)Nc1cccc(C(=O)NCC)c1. The normalized spacial score (nSPS) is 11.9. The first-order valence-corrected chi connectivity index (χ1v) is 7.36. The van der Waals surface area contributed by atoms with Gasteiger partial charge in [-0.2, -0.15) is 0 Å². The molecule has 0 fully saturated rings. The summed E-state index contributed by atoms with van der Waals surface area (Å²) in [4.78, 5) is 11.8. The number of nitrogens with one attached hydrogen (secondary N) is 2.